The molecule has 1 N–H and O–H groups in total. The van der Waals surface area contributed by atoms with Gasteiger partial charge in [0.15, 0.2) is 0 Å². The molecule has 0 spiro atoms. The van der Waals surface area contributed by atoms with Crippen molar-refractivity contribution < 1.29 is 14.3 Å². The highest BCUT2D eigenvalue weighted by Crippen LogP contribution is 2.04. The number of carbonyl (C=O) groups excluding carboxylic acids is 2. The van der Waals surface area contributed by atoms with Crippen molar-refractivity contribution in [3.8, 4) is 0 Å². The van der Waals surface area contributed by atoms with E-state index in [9.17, 15) is 9.59 Å². The summed E-state index contributed by atoms with van der Waals surface area (Å²) in [5.41, 5.74) is 0. The van der Waals surface area contributed by atoms with Gasteiger partial charge in [-0.05, 0) is 14.0 Å². The second-order valence-corrected chi connectivity index (χ2v) is 4.39. The van der Waals surface area contributed by atoms with Crippen molar-refractivity contribution in [2.75, 3.05) is 33.8 Å². The zero-order valence-corrected chi connectivity index (χ0v) is 11.4. The van der Waals surface area contributed by atoms with Gasteiger partial charge in [0.2, 0.25) is 5.91 Å². The van der Waals surface area contributed by atoms with Crippen molar-refractivity contribution in [2.24, 2.45) is 11.8 Å². The molecule has 5 heteroatoms. The molecule has 0 radical (unpaired) electrons. The first-order valence-corrected chi connectivity index (χ1v) is 5.99. The lowest BCUT2D eigenvalue weighted by Gasteiger charge is -2.22. The van der Waals surface area contributed by atoms with E-state index >= 15 is 0 Å². The quantitative estimate of drug-likeness (QED) is 0.663. The van der Waals surface area contributed by atoms with Crippen molar-refractivity contribution in [3.63, 3.8) is 0 Å². The van der Waals surface area contributed by atoms with E-state index in [1.54, 1.807) is 14.0 Å². The molecule has 5 nitrogen and oxygen atoms in total. The molecule has 0 fully saturated rings. The summed E-state index contributed by atoms with van der Waals surface area (Å²) >= 11 is 0. The molecule has 0 aliphatic rings. The molecule has 100 valence electrons. The molecule has 2 atom stereocenters. The van der Waals surface area contributed by atoms with Gasteiger partial charge in [-0.1, -0.05) is 13.8 Å². The summed E-state index contributed by atoms with van der Waals surface area (Å²) in [4.78, 5) is 24.7. The van der Waals surface area contributed by atoms with Crippen molar-refractivity contribution in [1.82, 2.24) is 10.2 Å². The van der Waals surface area contributed by atoms with Crippen LogP contribution in [0.15, 0.2) is 0 Å². The van der Waals surface area contributed by atoms with Crippen LogP contribution in [0.3, 0.4) is 0 Å². The summed E-state index contributed by atoms with van der Waals surface area (Å²) in [6.45, 7) is 7.12. The van der Waals surface area contributed by atoms with E-state index in [1.807, 2.05) is 25.8 Å². The lowest BCUT2D eigenvalue weighted by atomic mass is 10.1. The fraction of sp³-hybridized carbons (Fsp3) is 0.833. The highest BCUT2D eigenvalue weighted by Gasteiger charge is 2.19. The van der Waals surface area contributed by atoms with Gasteiger partial charge in [-0.2, -0.15) is 0 Å². The summed E-state index contributed by atoms with van der Waals surface area (Å²) in [5, 5.41) is 2.61. The number of esters is 1. The second kappa shape index (κ2) is 8.06. The second-order valence-electron chi connectivity index (χ2n) is 4.39. The third-order valence-corrected chi connectivity index (χ3v) is 2.55. The summed E-state index contributed by atoms with van der Waals surface area (Å²) in [6, 6.07) is 0. The SMILES string of the molecule is CCOC(=O)C(C)CN(C)CC(C)C(=O)NC. The number of hydrogen-bond acceptors (Lipinski definition) is 4. The molecule has 0 saturated heterocycles. The Morgan fingerprint density at radius 3 is 2.24 bits per heavy atom. The van der Waals surface area contributed by atoms with Crippen LogP contribution in [0.5, 0.6) is 0 Å². The van der Waals surface area contributed by atoms with E-state index in [1.165, 1.54) is 0 Å². The number of nitrogens with zero attached hydrogens (tertiary/aromatic N) is 1. The molecule has 1 amide bonds. The molecule has 0 aliphatic heterocycles. The summed E-state index contributed by atoms with van der Waals surface area (Å²) < 4.78 is 4.93. The molecule has 0 bridgehead atoms. The molecule has 0 heterocycles. The van der Waals surface area contributed by atoms with Crippen LogP contribution in [0, 0.1) is 11.8 Å². The zero-order chi connectivity index (χ0) is 13.4. The number of rotatable bonds is 7. The van der Waals surface area contributed by atoms with Gasteiger partial charge in [-0.25, -0.2) is 0 Å². The Kier molecular flexibility index (Phi) is 7.54. The van der Waals surface area contributed by atoms with E-state index in [-0.39, 0.29) is 23.7 Å². The number of hydrogen-bond donors (Lipinski definition) is 1. The van der Waals surface area contributed by atoms with Crippen LogP contribution in [0.1, 0.15) is 20.8 Å². The predicted octanol–water partition coefficient (Wildman–Crippen LogP) is 0.500. The van der Waals surface area contributed by atoms with Gasteiger partial charge in [0.1, 0.15) is 0 Å². The van der Waals surface area contributed by atoms with Crippen LogP contribution in [0.4, 0.5) is 0 Å². The van der Waals surface area contributed by atoms with Crippen LogP contribution >= 0.6 is 0 Å². The first-order valence-electron chi connectivity index (χ1n) is 5.99. The van der Waals surface area contributed by atoms with Crippen LogP contribution < -0.4 is 5.32 Å². The first kappa shape index (κ1) is 15.9. The Labute approximate surface area is 103 Å². The number of ether oxygens (including phenoxy) is 1. The largest absolute Gasteiger partial charge is 0.466 e. The zero-order valence-electron chi connectivity index (χ0n) is 11.4. The van der Waals surface area contributed by atoms with Crippen molar-refractivity contribution in [1.29, 1.82) is 0 Å². The third-order valence-electron chi connectivity index (χ3n) is 2.55. The Morgan fingerprint density at radius 1 is 1.24 bits per heavy atom. The predicted molar refractivity (Wildman–Crippen MR) is 66.5 cm³/mol. The Morgan fingerprint density at radius 2 is 1.76 bits per heavy atom. The van der Waals surface area contributed by atoms with Crippen molar-refractivity contribution >= 4 is 11.9 Å². The Balaban J connectivity index is 4.04. The lowest BCUT2D eigenvalue weighted by Crippen LogP contribution is -2.37. The normalized spacial score (nSPS) is 14.2. The van der Waals surface area contributed by atoms with Gasteiger partial charge in [-0.15, -0.1) is 0 Å². The van der Waals surface area contributed by atoms with Gasteiger partial charge in [0.25, 0.3) is 0 Å². The minimum atomic E-state index is -0.188. The summed E-state index contributed by atoms with van der Waals surface area (Å²) in [7, 11) is 3.52. The lowest BCUT2D eigenvalue weighted by molar-refractivity contribution is -0.147. The molecule has 17 heavy (non-hydrogen) atoms. The fourth-order valence-electron chi connectivity index (χ4n) is 1.70. The standard InChI is InChI=1S/C12H24N2O3/c1-6-17-12(16)10(3)8-14(5)7-9(2)11(15)13-4/h9-10H,6-8H2,1-5H3,(H,13,15). The van der Waals surface area contributed by atoms with Crippen LogP contribution in [0.2, 0.25) is 0 Å². The van der Waals surface area contributed by atoms with Crippen LogP contribution in [0.25, 0.3) is 0 Å². The first-order chi connectivity index (χ1) is 7.92. The maximum Gasteiger partial charge on any atom is 0.309 e. The van der Waals surface area contributed by atoms with Gasteiger partial charge < -0.3 is 15.0 Å². The summed E-state index contributed by atoms with van der Waals surface area (Å²) in [6.07, 6.45) is 0. The molecule has 2 unspecified atom stereocenters. The van der Waals surface area contributed by atoms with Crippen LogP contribution in [-0.2, 0) is 14.3 Å². The van der Waals surface area contributed by atoms with E-state index in [0.717, 1.165) is 0 Å². The van der Waals surface area contributed by atoms with Gasteiger partial charge in [0.05, 0.1) is 12.5 Å². The minimum Gasteiger partial charge on any atom is -0.466 e. The van der Waals surface area contributed by atoms with Gasteiger partial charge in [-0.3, -0.25) is 9.59 Å². The van der Waals surface area contributed by atoms with Crippen molar-refractivity contribution in [2.45, 2.75) is 20.8 Å². The smallest absolute Gasteiger partial charge is 0.309 e. The molecular weight excluding hydrogens is 220 g/mol. The van der Waals surface area contributed by atoms with Crippen LogP contribution in [-0.4, -0.2) is 50.6 Å². The fourth-order valence-corrected chi connectivity index (χ4v) is 1.70. The molecular formula is C12H24N2O3. The summed E-state index contributed by atoms with van der Waals surface area (Å²) in [5.74, 6) is -0.427. The maximum atomic E-state index is 11.4. The Bertz CT molecular complexity index is 256. The number of nitrogens with one attached hydrogen (secondary N) is 1. The minimum absolute atomic E-state index is 0.0145. The van der Waals surface area contributed by atoms with E-state index in [4.69, 9.17) is 4.74 Å². The number of carbonyl (C=O) groups is 2. The monoisotopic (exact) mass is 244 g/mol. The molecule has 0 aliphatic carbocycles. The van der Waals surface area contributed by atoms with E-state index < -0.39 is 0 Å². The van der Waals surface area contributed by atoms with Gasteiger partial charge in [0, 0.05) is 26.1 Å². The average molecular weight is 244 g/mol. The molecule has 0 aromatic rings. The average Bonchev–Trinajstić information content (AvgIpc) is 2.27. The van der Waals surface area contributed by atoms with Gasteiger partial charge >= 0.3 is 5.97 Å². The van der Waals surface area contributed by atoms with Crippen molar-refractivity contribution in [3.05, 3.63) is 0 Å². The van der Waals surface area contributed by atoms with E-state index in [0.29, 0.717) is 19.7 Å². The third kappa shape index (κ3) is 6.26. The number of amides is 1. The maximum absolute atomic E-state index is 11.4. The molecule has 0 aromatic carbocycles. The Hall–Kier alpha value is -1.10. The molecule has 0 rings (SSSR count). The molecule has 0 saturated carbocycles. The highest BCUT2D eigenvalue weighted by molar-refractivity contribution is 5.78. The van der Waals surface area contributed by atoms with E-state index in [2.05, 4.69) is 5.32 Å². The molecule has 0 aromatic heterocycles. The highest BCUT2D eigenvalue weighted by atomic mass is 16.5. The topological polar surface area (TPSA) is 58.6 Å².